The Kier molecular flexibility index (Phi) is 7.55. The van der Waals surface area contributed by atoms with Crippen LogP contribution in [0.15, 0.2) is 30.3 Å². The number of urea groups is 1. The monoisotopic (exact) mass is 329 g/mol. The molecule has 1 aromatic rings. The van der Waals surface area contributed by atoms with Gasteiger partial charge < -0.3 is 13.9 Å². The number of nitrogens with two attached hydrogens (primary N) is 1. The van der Waals surface area contributed by atoms with Crippen LogP contribution >= 0.6 is 7.60 Å². The summed E-state index contributed by atoms with van der Waals surface area (Å²) in [6.07, 6.45) is -0.143. The molecule has 0 atom stereocenters. The lowest BCUT2D eigenvalue weighted by molar-refractivity contribution is 0.157. The van der Waals surface area contributed by atoms with Crippen molar-refractivity contribution in [3.05, 3.63) is 35.9 Å². The largest absolute Gasteiger partial charge is 0.349 e. The Morgan fingerprint density at radius 2 is 1.73 bits per heavy atom. The zero-order chi connectivity index (χ0) is 16.6. The predicted octanol–water partition coefficient (Wildman–Crippen LogP) is 2.64. The van der Waals surface area contributed by atoms with Gasteiger partial charge in [0.15, 0.2) is 0 Å². The molecule has 0 unspecified atom stereocenters. The summed E-state index contributed by atoms with van der Waals surface area (Å²) in [4.78, 5) is 13.5. The molecule has 2 amide bonds. The third-order valence-corrected chi connectivity index (χ3v) is 4.88. The molecule has 0 saturated heterocycles. The second-order valence-corrected chi connectivity index (χ2v) is 6.70. The van der Waals surface area contributed by atoms with Gasteiger partial charge in [0.2, 0.25) is 0 Å². The van der Waals surface area contributed by atoms with Gasteiger partial charge in [-0.25, -0.2) is 10.6 Å². The number of nitrogens with zero attached hydrogens (tertiary/aromatic N) is 2. The van der Waals surface area contributed by atoms with Gasteiger partial charge in [0.25, 0.3) is 0 Å². The first-order valence-corrected chi connectivity index (χ1v) is 8.84. The Labute approximate surface area is 131 Å². The highest BCUT2D eigenvalue weighted by Gasteiger charge is 2.29. The quantitative estimate of drug-likeness (QED) is 0.343. The van der Waals surface area contributed by atoms with Crippen molar-refractivity contribution < 1.29 is 18.4 Å². The van der Waals surface area contributed by atoms with E-state index in [1.54, 1.807) is 13.8 Å². The third kappa shape index (κ3) is 5.77. The number of rotatable bonds is 8. The van der Waals surface area contributed by atoms with Gasteiger partial charge in [-0.3, -0.25) is 9.57 Å². The van der Waals surface area contributed by atoms with Crippen LogP contribution in [0.4, 0.5) is 4.79 Å². The van der Waals surface area contributed by atoms with Crippen molar-refractivity contribution in [3.63, 3.8) is 0 Å². The first-order chi connectivity index (χ1) is 10.4. The average molecular weight is 329 g/mol. The minimum Gasteiger partial charge on any atom is -0.315 e. The van der Waals surface area contributed by atoms with Gasteiger partial charge in [0.05, 0.1) is 19.8 Å². The topological polar surface area (TPSA) is 85.1 Å². The van der Waals surface area contributed by atoms with Gasteiger partial charge in [-0.2, -0.15) is 0 Å². The second kappa shape index (κ2) is 8.90. The van der Waals surface area contributed by atoms with Gasteiger partial charge >= 0.3 is 13.6 Å². The van der Waals surface area contributed by atoms with Crippen molar-refractivity contribution in [1.29, 1.82) is 0 Å². The predicted molar refractivity (Wildman–Crippen MR) is 85.1 cm³/mol. The van der Waals surface area contributed by atoms with Crippen molar-refractivity contribution in [1.82, 2.24) is 9.91 Å². The highest BCUT2D eigenvalue weighted by molar-refractivity contribution is 7.53. The maximum absolute atomic E-state index is 12.4. The van der Waals surface area contributed by atoms with Crippen molar-refractivity contribution in [2.45, 2.75) is 20.4 Å². The SMILES string of the molecule is CCOP(=O)(CN(C)C(=O)N(N)Cc1ccccc1)OCC. The summed E-state index contributed by atoms with van der Waals surface area (Å²) in [6.45, 7) is 4.19. The van der Waals surface area contributed by atoms with Crippen LogP contribution in [0.1, 0.15) is 19.4 Å². The van der Waals surface area contributed by atoms with Crippen LogP contribution in [0.2, 0.25) is 0 Å². The van der Waals surface area contributed by atoms with Gasteiger partial charge in [-0.15, -0.1) is 0 Å². The van der Waals surface area contributed by atoms with E-state index < -0.39 is 13.6 Å². The van der Waals surface area contributed by atoms with E-state index in [2.05, 4.69) is 0 Å². The number of benzene rings is 1. The molecule has 0 fully saturated rings. The van der Waals surface area contributed by atoms with E-state index in [1.807, 2.05) is 30.3 Å². The van der Waals surface area contributed by atoms with Gasteiger partial charge in [-0.05, 0) is 19.4 Å². The van der Waals surface area contributed by atoms with E-state index in [1.165, 1.54) is 11.9 Å². The number of carbonyl (C=O) groups is 1. The number of carbonyl (C=O) groups excluding carboxylic acids is 1. The molecular weight excluding hydrogens is 305 g/mol. The van der Waals surface area contributed by atoms with Gasteiger partial charge in [0, 0.05) is 7.05 Å². The molecule has 0 aliphatic heterocycles. The fourth-order valence-electron chi connectivity index (χ4n) is 1.90. The molecule has 0 aromatic heterocycles. The molecule has 0 saturated carbocycles. The highest BCUT2D eigenvalue weighted by atomic mass is 31.2. The molecule has 0 radical (unpaired) electrons. The highest BCUT2D eigenvalue weighted by Crippen LogP contribution is 2.48. The molecule has 0 heterocycles. The summed E-state index contributed by atoms with van der Waals surface area (Å²) < 4.78 is 22.7. The van der Waals surface area contributed by atoms with Crippen LogP contribution in [0.5, 0.6) is 0 Å². The second-order valence-electron chi connectivity index (χ2n) is 4.68. The van der Waals surface area contributed by atoms with E-state index in [0.717, 1.165) is 10.6 Å². The Bertz CT molecular complexity index is 502. The van der Waals surface area contributed by atoms with Gasteiger partial charge in [0.1, 0.15) is 6.29 Å². The maximum Gasteiger partial charge on any atom is 0.349 e. The molecule has 0 spiro atoms. The first-order valence-electron chi connectivity index (χ1n) is 7.11. The lowest BCUT2D eigenvalue weighted by atomic mass is 10.2. The normalized spacial score (nSPS) is 11.3. The number of hydrazine groups is 1. The molecule has 0 aliphatic rings. The van der Waals surface area contributed by atoms with Crippen molar-refractivity contribution in [2.24, 2.45) is 5.84 Å². The molecule has 0 aliphatic carbocycles. The van der Waals surface area contributed by atoms with Gasteiger partial charge in [-0.1, -0.05) is 30.3 Å². The fourth-order valence-corrected chi connectivity index (χ4v) is 3.56. The molecule has 8 heteroatoms. The molecule has 2 N–H and O–H groups in total. The van der Waals surface area contributed by atoms with E-state index in [-0.39, 0.29) is 26.0 Å². The van der Waals surface area contributed by atoms with Crippen LogP contribution < -0.4 is 5.84 Å². The number of amides is 2. The minimum atomic E-state index is -3.33. The van der Waals surface area contributed by atoms with E-state index in [9.17, 15) is 9.36 Å². The maximum atomic E-state index is 12.4. The molecule has 124 valence electrons. The molecule has 7 nitrogen and oxygen atoms in total. The molecular formula is C14H24N3O4P. The van der Waals surface area contributed by atoms with E-state index in [4.69, 9.17) is 14.9 Å². The van der Waals surface area contributed by atoms with Crippen molar-refractivity contribution in [3.8, 4) is 0 Å². The zero-order valence-electron chi connectivity index (χ0n) is 13.3. The average Bonchev–Trinajstić information content (AvgIpc) is 2.47. The summed E-state index contributed by atoms with van der Waals surface area (Å²) in [5.41, 5.74) is 0.907. The first kappa shape index (κ1) is 18.6. The summed E-state index contributed by atoms with van der Waals surface area (Å²) in [7, 11) is -1.82. The fraction of sp³-hybridized carbons (Fsp3) is 0.500. The van der Waals surface area contributed by atoms with Crippen molar-refractivity contribution in [2.75, 3.05) is 26.5 Å². The number of hydrogen-bond donors (Lipinski definition) is 1. The van der Waals surface area contributed by atoms with Crippen molar-refractivity contribution >= 4 is 13.6 Å². The lowest BCUT2D eigenvalue weighted by Crippen LogP contribution is -2.45. The minimum absolute atomic E-state index is 0.143. The number of hydrogen-bond acceptors (Lipinski definition) is 5. The van der Waals surface area contributed by atoms with Crippen LogP contribution in [-0.2, 0) is 20.2 Å². The Morgan fingerprint density at radius 1 is 1.18 bits per heavy atom. The Hall–Kier alpha value is -1.40. The standard InChI is InChI=1S/C14H24N3O4P/c1-4-20-22(19,21-5-2)12-16(3)14(18)17(15)11-13-9-7-6-8-10-13/h6-10H,4-5,11-12,15H2,1-3H3. The summed E-state index contributed by atoms with van der Waals surface area (Å²) in [6, 6.07) is 8.92. The summed E-state index contributed by atoms with van der Waals surface area (Å²) >= 11 is 0. The summed E-state index contributed by atoms with van der Waals surface area (Å²) in [5, 5.41) is 1.07. The van der Waals surface area contributed by atoms with Crippen LogP contribution in [0, 0.1) is 0 Å². The molecule has 0 bridgehead atoms. The Morgan fingerprint density at radius 3 is 2.23 bits per heavy atom. The zero-order valence-corrected chi connectivity index (χ0v) is 14.2. The third-order valence-electron chi connectivity index (χ3n) is 2.80. The van der Waals surface area contributed by atoms with Crippen LogP contribution in [0.25, 0.3) is 0 Å². The van der Waals surface area contributed by atoms with Crippen LogP contribution in [-0.4, -0.2) is 42.5 Å². The van der Waals surface area contributed by atoms with Crippen LogP contribution in [0.3, 0.4) is 0 Å². The molecule has 1 rings (SSSR count). The van der Waals surface area contributed by atoms with E-state index in [0.29, 0.717) is 0 Å². The summed E-state index contributed by atoms with van der Waals surface area (Å²) in [5.74, 6) is 5.79. The lowest BCUT2D eigenvalue weighted by Gasteiger charge is -2.27. The molecule has 22 heavy (non-hydrogen) atoms. The Balaban J connectivity index is 2.65. The van der Waals surface area contributed by atoms with E-state index >= 15 is 0 Å². The molecule has 1 aromatic carbocycles. The smallest absolute Gasteiger partial charge is 0.315 e.